The van der Waals surface area contributed by atoms with Gasteiger partial charge in [0.05, 0.1) is 14.2 Å². The molecule has 0 aliphatic heterocycles. The molecule has 0 unspecified atom stereocenters. The van der Waals surface area contributed by atoms with Crippen LogP contribution in [0, 0.1) is 0 Å². The summed E-state index contributed by atoms with van der Waals surface area (Å²) in [5.41, 5.74) is 0.371. The second kappa shape index (κ2) is 6.86. The molecule has 0 aliphatic rings. The number of hydrogen-bond donors (Lipinski definition) is 0. The molecule has 0 N–H and O–H groups in total. The molecule has 1 rings (SSSR count). The summed E-state index contributed by atoms with van der Waals surface area (Å²) in [5.74, 6) is 0.502. The zero-order chi connectivity index (χ0) is 13.5. The Hall–Kier alpha value is -1.75. The lowest BCUT2D eigenvalue weighted by Crippen LogP contribution is -2.20. The van der Waals surface area contributed by atoms with Crippen molar-refractivity contribution in [1.29, 1.82) is 0 Å². The van der Waals surface area contributed by atoms with Crippen LogP contribution in [0.15, 0.2) is 18.2 Å². The third-order valence-corrected chi connectivity index (χ3v) is 2.39. The highest BCUT2D eigenvalue weighted by atomic mass is 16.5. The summed E-state index contributed by atoms with van der Waals surface area (Å²) < 4.78 is 15.5. The second-order valence-electron chi connectivity index (χ2n) is 3.98. The largest absolute Gasteiger partial charge is 0.493 e. The van der Waals surface area contributed by atoms with Crippen LogP contribution in [0.5, 0.6) is 11.5 Å². The van der Waals surface area contributed by atoms with Crippen LogP contribution in [0.4, 0.5) is 0 Å². The molecule has 5 nitrogen and oxygen atoms in total. The predicted molar refractivity (Wildman–Crippen MR) is 68.4 cm³/mol. The van der Waals surface area contributed by atoms with Crippen molar-refractivity contribution in [3.8, 4) is 11.5 Å². The van der Waals surface area contributed by atoms with Crippen molar-refractivity contribution in [3.63, 3.8) is 0 Å². The molecule has 1 aromatic rings. The molecule has 1 aromatic carbocycles. The summed E-state index contributed by atoms with van der Waals surface area (Å²) in [6.07, 6.45) is 0. The first-order valence-electron chi connectivity index (χ1n) is 5.63. The van der Waals surface area contributed by atoms with Crippen LogP contribution in [0.25, 0.3) is 0 Å². The van der Waals surface area contributed by atoms with Crippen molar-refractivity contribution in [2.45, 2.75) is 0 Å². The summed E-state index contributed by atoms with van der Waals surface area (Å²) in [6.45, 7) is 1.02. The SMILES string of the molecule is COc1cccc(C(=O)OCCN(C)C)c1OC. The van der Waals surface area contributed by atoms with Gasteiger partial charge in [-0.3, -0.25) is 0 Å². The van der Waals surface area contributed by atoms with E-state index in [0.717, 1.165) is 0 Å². The van der Waals surface area contributed by atoms with Crippen molar-refractivity contribution in [3.05, 3.63) is 23.8 Å². The Morgan fingerprint density at radius 1 is 1.22 bits per heavy atom. The second-order valence-corrected chi connectivity index (χ2v) is 3.98. The number of carbonyl (C=O) groups is 1. The summed E-state index contributed by atoms with van der Waals surface area (Å²) in [4.78, 5) is 13.8. The summed E-state index contributed by atoms with van der Waals surface area (Å²) in [6, 6.07) is 5.11. The van der Waals surface area contributed by atoms with Crippen molar-refractivity contribution >= 4 is 5.97 Å². The summed E-state index contributed by atoms with van der Waals surface area (Å²) in [5, 5.41) is 0. The highest BCUT2D eigenvalue weighted by molar-refractivity contribution is 5.93. The minimum atomic E-state index is -0.410. The smallest absolute Gasteiger partial charge is 0.342 e. The van der Waals surface area contributed by atoms with E-state index in [-0.39, 0.29) is 0 Å². The zero-order valence-electron chi connectivity index (χ0n) is 11.2. The standard InChI is InChI=1S/C13H19NO4/c1-14(2)8-9-18-13(15)10-6-5-7-11(16-3)12(10)17-4/h5-7H,8-9H2,1-4H3. The van der Waals surface area contributed by atoms with Gasteiger partial charge < -0.3 is 19.1 Å². The number of esters is 1. The number of nitrogens with zero attached hydrogens (tertiary/aromatic N) is 1. The van der Waals surface area contributed by atoms with E-state index < -0.39 is 5.97 Å². The number of hydrogen-bond acceptors (Lipinski definition) is 5. The lowest BCUT2D eigenvalue weighted by Gasteiger charge is -2.13. The molecule has 0 bridgehead atoms. The Balaban J connectivity index is 2.79. The topological polar surface area (TPSA) is 48.0 Å². The average molecular weight is 253 g/mol. The molecular weight excluding hydrogens is 234 g/mol. The minimum Gasteiger partial charge on any atom is -0.493 e. The van der Waals surface area contributed by atoms with Crippen molar-refractivity contribution in [2.75, 3.05) is 41.5 Å². The molecular formula is C13H19NO4. The quantitative estimate of drug-likeness (QED) is 0.718. The molecule has 0 aromatic heterocycles. The lowest BCUT2D eigenvalue weighted by molar-refractivity contribution is 0.0477. The molecule has 18 heavy (non-hydrogen) atoms. The normalized spacial score (nSPS) is 10.3. The van der Waals surface area contributed by atoms with Crippen LogP contribution in [-0.2, 0) is 4.74 Å². The minimum absolute atomic E-state index is 0.339. The fourth-order valence-corrected chi connectivity index (χ4v) is 1.45. The molecule has 0 fully saturated rings. The molecule has 0 aliphatic carbocycles. The monoisotopic (exact) mass is 253 g/mol. The van der Waals surface area contributed by atoms with Gasteiger partial charge in [-0.1, -0.05) is 6.07 Å². The van der Waals surface area contributed by atoms with E-state index in [1.807, 2.05) is 19.0 Å². The predicted octanol–water partition coefficient (Wildman–Crippen LogP) is 1.42. The summed E-state index contributed by atoms with van der Waals surface area (Å²) >= 11 is 0. The van der Waals surface area contributed by atoms with Crippen LogP contribution in [0.2, 0.25) is 0 Å². The zero-order valence-corrected chi connectivity index (χ0v) is 11.2. The van der Waals surface area contributed by atoms with Crippen molar-refractivity contribution in [2.24, 2.45) is 0 Å². The number of ether oxygens (including phenoxy) is 3. The summed E-state index contributed by atoms with van der Waals surface area (Å²) in [7, 11) is 6.85. The molecule has 0 amide bonds. The molecule has 0 heterocycles. The van der Waals surface area contributed by atoms with Crippen LogP contribution in [0.3, 0.4) is 0 Å². The molecule has 0 saturated heterocycles. The Morgan fingerprint density at radius 3 is 2.50 bits per heavy atom. The van der Waals surface area contributed by atoms with Crippen LogP contribution in [-0.4, -0.2) is 52.3 Å². The fourth-order valence-electron chi connectivity index (χ4n) is 1.45. The maximum Gasteiger partial charge on any atom is 0.342 e. The average Bonchev–Trinajstić information content (AvgIpc) is 2.36. The van der Waals surface area contributed by atoms with Gasteiger partial charge in [-0.05, 0) is 26.2 Å². The van der Waals surface area contributed by atoms with E-state index in [0.29, 0.717) is 30.2 Å². The Bertz CT molecular complexity index is 404. The van der Waals surface area contributed by atoms with Crippen LogP contribution >= 0.6 is 0 Å². The van der Waals surface area contributed by atoms with Crippen LogP contribution in [0.1, 0.15) is 10.4 Å². The highest BCUT2D eigenvalue weighted by Crippen LogP contribution is 2.30. The number of benzene rings is 1. The molecule has 0 saturated carbocycles. The van der Waals surface area contributed by atoms with Gasteiger partial charge in [-0.15, -0.1) is 0 Å². The molecule has 100 valence electrons. The molecule has 0 spiro atoms. The maximum absolute atomic E-state index is 11.9. The Morgan fingerprint density at radius 2 is 1.94 bits per heavy atom. The van der Waals surface area contributed by atoms with Gasteiger partial charge in [-0.25, -0.2) is 4.79 Å². The first kappa shape index (κ1) is 14.3. The van der Waals surface area contributed by atoms with Gasteiger partial charge in [0, 0.05) is 6.54 Å². The van der Waals surface area contributed by atoms with Crippen LogP contribution < -0.4 is 9.47 Å². The van der Waals surface area contributed by atoms with E-state index in [1.54, 1.807) is 18.2 Å². The Labute approximate surface area is 107 Å². The van der Waals surface area contributed by atoms with Gasteiger partial charge in [0.25, 0.3) is 0 Å². The van der Waals surface area contributed by atoms with E-state index >= 15 is 0 Å². The van der Waals surface area contributed by atoms with Crippen molar-refractivity contribution < 1.29 is 19.0 Å². The lowest BCUT2D eigenvalue weighted by atomic mass is 10.2. The number of likely N-dealkylation sites (N-methyl/N-ethyl adjacent to an activating group) is 1. The molecule has 0 radical (unpaired) electrons. The number of methoxy groups -OCH3 is 2. The van der Waals surface area contributed by atoms with E-state index in [4.69, 9.17) is 14.2 Å². The van der Waals surface area contributed by atoms with Gasteiger partial charge in [0.1, 0.15) is 12.2 Å². The van der Waals surface area contributed by atoms with Gasteiger partial charge in [-0.2, -0.15) is 0 Å². The first-order valence-corrected chi connectivity index (χ1v) is 5.63. The van der Waals surface area contributed by atoms with E-state index in [2.05, 4.69) is 0 Å². The van der Waals surface area contributed by atoms with E-state index in [9.17, 15) is 4.79 Å². The molecule has 0 atom stereocenters. The maximum atomic E-state index is 11.9. The number of para-hydroxylation sites is 1. The molecule has 5 heteroatoms. The van der Waals surface area contributed by atoms with Gasteiger partial charge >= 0.3 is 5.97 Å². The third-order valence-electron chi connectivity index (χ3n) is 2.39. The number of rotatable bonds is 6. The first-order chi connectivity index (χ1) is 8.60. The van der Waals surface area contributed by atoms with Gasteiger partial charge in [0.15, 0.2) is 11.5 Å². The van der Waals surface area contributed by atoms with E-state index in [1.165, 1.54) is 14.2 Å². The number of carbonyl (C=O) groups excluding carboxylic acids is 1. The van der Waals surface area contributed by atoms with Crippen molar-refractivity contribution in [1.82, 2.24) is 4.90 Å². The Kier molecular flexibility index (Phi) is 5.45. The fraction of sp³-hybridized carbons (Fsp3) is 0.462. The van der Waals surface area contributed by atoms with Gasteiger partial charge in [0.2, 0.25) is 0 Å². The third kappa shape index (κ3) is 3.63. The highest BCUT2D eigenvalue weighted by Gasteiger charge is 2.17.